The summed E-state index contributed by atoms with van der Waals surface area (Å²) in [4.78, 5) is 24.7. The molecule has 0 aromatic heterocycles. The Bertz CT molecular complexity index is 496. The highest BCUT2D eigenvalue weighted by molar-refractivity contribution is 7.51. The molecule has 0 fully saturated rings. The van der Waals surface area contributed by atoms with Crippen LogP contribution in [0.25, 0.3) is 0 Å². The van der Waals surface area contributed by atoms with Gasteiger partial charge in [0.05, 0.1) is 33.3 Å². The van der Waals surface area contributed by atoms with Crippen molar-refractivity contribution >= 4 is 13.5 Å². The molecule has 1 unspecified atom stereocenters. The van der Waals surface area contributed by atoms with Gasteiger partial charge in [0, 0.05) is 12.6 Å². The molecule has 0 aromatic carbocycles. The summed E-state index contributed by atoms with van der Waals surface area (Å²) in [5, 5.41) is 13.4. The lowest BCUT2D eigenvalue weighted by atomic mass is 10.0. The van der Waals surface area contributed by atoms with E-state index in [1.165, 1.54) is 19.3 Å². The monoisotopic (exact) mass is 450 g/mol. The summed E-state index contributed by atoms with van der Waals surface area (Å²) in [6.07, 6.45) is 8.79. The molecule has 30 heavy (non-hydrogen) atoms. The first-order valence-corrected chi connectivity index (χ1v) is 13.5. The number of nitrogens with zero attached hydrogens (tertiary/aromatic N) is 1. The number of aliphatic hydroxyl groups is 1. The summed E-state index contributed by atoms with van der Waals surface area (Å²) in [5.41, 5.74) is 0. The van der Waals surface area contributed by atoms with E-state index in [0.29, 0.717) is 23.9 Å². The van der Waals surface area contributed by atoms with Crippen molar-refractivity contribution in [1.29, 1.82) is 0 Å². The minimum atomic E-state index is -4.17. The summed E-state index contributed by atoms with van der Waals surface area (Å²) in [5.74, 6) is -0.207. The Morgan fingerprint density at radius 1 is 1.03 bits per heavy atom. The zero-order chi connectivity index (χ0) is 23.0. The molecule has 0 aromatic rings. The number of unbranched alkanes of at least 4 members (excludes halogenated alkanes) is 7. The molecule has 8 heteroatoms. The van der Waals surface area contributed by atoms with E-state index in [2.05, 4.69) is 19.2 Å². The van der Waals surface area contributed by atoms with Crippen molar-refractivity contribution in [1.82, 2.24) is 5.32 Å². The molecule has 0 saturated carbocycles. The largest absolute Gasteiger partial charge is 0.778 e. The minimum absolute atomic E-state index is 0.0922. The minimum Gasteiger partial charge on any atom is -0.778 e. The van der Waals surface area contributed by atoms with E-state index in [0.717, 1.165) is 38.5 Å². The number of hydrogen-bond donors (Lipinski definition) is 2. The second kappa shape index (κ2) is 16.2. The summed E-state index contributed by atoms with van der Waals surface area (Å²) in [6, 6.07) is -0.831. The molecule has 0 aliphatic heterocycles. The van der Waals surface area contributed by atoms with Crippen molar-refractivity contribution in [2.45, 2.75) is 96.6 Å². The maximum Gasteiger partial charge on any atom is 0.220 e. The van der Waals surface area contributed by atoms with E-state index in [1.54, 1.807) is 0 Å². The van der Waals surface area contributed by atoms with Crippen LogP contribution in [0.4, 0.5) is 0 Å². The van der Waals surface area contributed by atoms with Gasteiger partial charge in [0.2, 0.25) is 5.91 Å². The van der Waals surface area contributed by atoms with Gasteiger partial charge in [0.25, 0.3) is 0 Å². The number of carbonyl (C=O) groups is 1. The standard InChI is InChI=1S/C22H47N2O5P/c1-6-8-10-11-12-14-15-21(25)20(23-22(26)16-13-9-7-2)19-30(27,28)29-18-17-24(3,4)5/h20-21,25H,6-19H2,1-5H3,(H-,23,26,27,28)/t20-,21+/m1/s1. The Hall–Kier alpha value is -0.460. The molecule has 0 rings (SSSR count). The SMILES string of the molecule is CCCCCCCC[C@H](O)[C@@H](CP(=O)([O-])OCC[N+](C)(C)C)NC(=O)CCCCC. The molecule has 3 atom stereocenters. The van der Waals surface area contributed by atoms with Gasteiger partial charge in [-0.3, -0.25) is 4.79 Å². The number of hydrogen-bond acceptors (Lipinski definition) is 5. The lowest BCUT2D eigenvalue weighted by Crippen LogP contribution is -2.46. The summed E-state index contributed by atoms with van der Waals surface area (Å²) >= 11 is 0. The number of nitrogens with one attached hydrogen (secondary N) is 1. The maximum atomic E-state index is 12.5. The van der Waals surface area contributed by atoms with Crippen LogP contribution in [0.3, 0.4) is 0 Å². The van der Waals surface area contributed by atoms with Gasteiger partial charge in [-0.25, -0.2) is 0 Å². The van der Waals surface area contributed by atoms with Crippen molar-refractivity contribution in [3.8, 4) is 0 Å². The summed E-state index contributed by atoms with van der Waals surface area (Å²) in [6.45, 7) is 4.88. The fourth-order valence-corrected chi connectivity index (χ4v) is 4.44. The second-order valence-corrected chi connectivity index (χ2v) is 11.2. The average molecular weight is 451 g/mol. The highest BCUT2D eigenvalue weighted by Crippen LogP contribution is 2.38. The fourth-order valence-electron chi connectivity index (χ4n) is 3.16. The van der Waals surface area contributed by atoms with Crippen LogP contribution in [-0.2, 0) is 13.9 Å². The molecule has 0 radical (unpaired) electrons. The molecule has 0 bridgehead atoms. The summed E-state index contributed by atoms with van der Waals surface area (Å²) < 4.78 is 18.2. The Kier molecular flexibility index (Phi) is 16.0. The van der Waals surface area contributed by atoms with Crippen LogP contribution in [0.1, 0.15) is 84.5 Å². The van der Waals surface area contributed by atoms with Gasteiger partial charge in [-0.05, 0) is 12.8 Å². The normalized spacial score (nSPS) is 16.1. The summed E-state index contributed by atoms with van der Waals surface area (Å²) in [7, 11) is 1.72. The number of aliphatic hydroxyl groups excluding tert-OH is 1. The Labute approximate surface area is 184 Å². The van der Waals surface area contributed by atoms with Gasteiger partial charge < -0.3 is 28.9 Å². The van der Waals surface area contributed by atoms with E-state index < -0.39 is 19.7 Å². The Balaban J connectivity index is 4.75. The zero-order valence-corrected chi connectivity index (χ0v) is 20.9. The fraction of sp³-hybridized carbons (Fsp3) is 0.955. The van der Waals surface area contributed by atoms with E-state index in [9.17, 15) is 19.4 Å². The first kappa shape index (κ1) is 29.5. The smallest absolute Gasteiger partial charge is 0.220 e. The average Bonchev–Trinajstić information content (AvgIpc) is 2.62. The molecule has 0 heterocycles. The third kappa shape index (κ3) is 17.2. The number of carbonyl (C=O) groups excluding carboxylic acids is 1. The van der Waals surface area contributed by atoms with Crippen molar-refractivity contribution < 1.29 is 28.4 Å². The van der Waals surface area contributed by atoms with Gasteiger partial charge in [-0.2, -0.15) is 0 Å². The lowest BCUT2D eigenvalue weighted by Gasteiger charge is -2.32. The van der Waals surface area contributed by atoms with Crippen molar-refractivity contribution in [2.24, 2.45) is 0 Å². The molecule has 1 amide bonds. The molecule has 0 aliphatic rings. The molecule has 0 spiro atoms. The van der Waals surface area contributed by atoms with E-state index in [-0.39, 0.29) is 18.7 Å². The number of rotatable bonds is 19. The highest BCUT2D eigenvalue weighted by atomic mass is 31.2. The predicted molar refractivity (Wildman–Crippen MR) is 121 cm³/mol. The van der Waals surface area contributed by atoms with Gasteiger partial charge in [0.1, 0.15) is 20.7 Å². The third-order valence-electron chi connectivity index (χ3n) is 5.14. The van der Waals surface area contributed by atoms with E-state index in [4.69, 9.17) is 4.52 Å². The Morgan fingerprint density at radius 3 is 2.20 bits per heavy atom. The van der Waals surface area contributed by atoms with Crippen LogP contribution in [-0.4, -0.2) is 68.1 Å². The molecule has 0 aliphatic carbocycles. The lowest BCUT2D eigenvalue weighted by molar-refractivity contribution is -0.870. The molecular weight excluding hydrogens is 403 g/mol. The first-order valence-electron chi connectivity index (χ1n) is 11.7. The van der Waals surface area contributed by atoms with Crippen LogP contribution in [0.5, 0.6) is 0 Å². The molecule has 2 N–H and O–H groups in total. The van der Waals surface area contributed by atoms with E-state index >= 15 is 0 Å². The molecular formula is C22H47N2O5P. The van der Waals surface area contributed by atoms with Crippen molar-refractivity contribution in [3.05, 3.63) is 0 Å². The molecule has 180 valence electrons. The first-order chi connectivity index (χ1) is 14.0. The third-order valence-corrected chi connectivity index (χ3v) is 6.56. The van der Waals surface area contributed by atoms with Gasteiger partial charge >= 0.3 is 0 Å². The number of quaternary nitrogens is 1. The van der Waals surface area contributed by atoms with Gasteiger partial charge in [-0.15, -0.1) is 0 Å². The van der Waals surface area contributed by atoms with Crippen LogP contribution in [0, 0.1) is 0 Å². The molecule has 7 nitrogen and oxygen atoms in total. The maximum absolute atomic E-state index is 12.5. The van der Waals surface area contributed by atoms with E-state index in [1.807, 2.05) is 21.1 Å². The zero-order valence-electron chi connectivity index (χ0n) is 20.0. The van der Waals surface area contributed by atoms with Crippen molar-refractivity contribution in [2.75, 3.05) is 40.5 Å². The van der Waals surface area contributed by atoms with Gasteiger partial charge in [0.15, 0.2) is 0 Å². The van der Waals surface area contributed by atoms with Crippen LogP contribution >= 0.6 is 7.60 Å². The topological polar surface area (TPSA) is 98.7 Å². The van der Waals surface area contributed by atoms with Gasteiger partial charge in [-0.1, -0.05) is 65.2 Å². The highest BCUT2D eigenvalue weighted by Gasteiger charge is 2.26. The predicted octanol–water partition coefficient (Wildman–Crippen LogP) is 3.44. The quantitative estimate of drug-likeness (QED) is 0.178. The van der Waals surface area contributed by atoms with Crippen LogP contribution in [0.2, 0.25) is 0 Å². The van der Waals surface area contributed by atoms with Crippen LogP contribution < -0.4 is 10.2 Å². The Morgan fingerprint density at radius 2 is 1.60 bits per heavy atom. The van der Waals surface area contributed by atoms with Crippen LogP contribution in [0.15, 0.2) is 0 Å². The second-order valence-electron chi connectivity index (χ2n) is 9.40. The number of amides is 1. The van der Waals surface area contributed by atoms with Crippen molar-refractivity contribution in [3.63, 3.8) is 0 Å². The molecule has 0 saturated heterocycles. The number of likely N-dealkylation sites (N-methyl/N-ethyl adjacent to an activating group) is 1.